The van der Waals surface area contributed by atoms with Crippen molar-refractivity contribution in [3.8, 4) is 5.75 Å². The molecule has 1 aliphatic carbocycles. The first kappa shape index (κ1) is 11.9. The topological polar surface area (TPSA) is 49.3 Å². The van der Waals surface area contributed by atoms with Crippen molar-refractivity contribution in [2.75, 3.05) is 6.54 Å². The largest absolute Gasteiger partial charge is 0.508 e. The summed E-state index contributed by atoms with van der Waals surface area (Å²) in [4.78, 5) is 11.7. The van der Waals surface area contributed by atoms with Gasteiger partial charge in [0.2, 0.25) is 0 Å². The van der Waals surface area contributed by atoms with Crippen molar-refractivity contribution in [1.82, 2.24) is 5.32 Å². The van der Waals surface area contributed by atoms with Gasteiger partial charge in [-0.2, -0.15) is 0 Å². The van der Waals surface area contributed by atoms with Crippen LogP contribution in [0.3, 0.4) is 0 Å². The lowest BCUT2D eigenvalue weighted by atomic mass is 10.1. The molecule has 0 aliphatic heterocycles. The number of rotatable bonds is 3. The molecule has 4 heteroatoms. The van der Waals surface area contributed by atoms with E-state index in [9.17, 15) is 9.18 Å². The lowest BCUT2D eigenvalue weighted by molar-refractivity contribution is 0.0943. The Labute approximate surface area is 99.7 Å². The van der Waals surface area contributed by atoms with E-state index in [-0.39, 0.29) is 11.3 Å². The van der Waals surface area contributed by atoms with Gasteiger partial charge in [0.1, 0.15) is 11.6 Å². The molecule has 0 radical (unpaired) electrons. The average Bonchev–Trinajstić information content (AvgIpc) is 2.78. The molecule has 1 saturated carbocycles. The van der Waals surface area contributed by atoms with Gasteiger partial charge < -0.3 is 10.4 Å². The van der Waals surface area contributed by atoms with E-state index < -0.39 is 11.7 Å². The van der Waals surface area contributed by atoms with Gasteiger partial charge in [0.05, 0.1) is 5.56 Å². The number of carbonyl (C=O) groups excluding carboxylic acids is 1. The number of benzene rings is 1. The normalized spacial score (nSPS) is 16.1. The summed E-state index contributed by atoms with van der Waals surface area (Å²) in [7, 11) is 0. The summed E-state index contributed by atoms with van der Waals surface area (Å²) in [5.74, 6) is -0.739. The molecule has 2 N–H and O–H groups in total. The fourth-order valence-electron chi connectivity index (χ4n) is 2.23. The Morgan fingerprint density at radius 3 is 2.76 bits per heavy atom. The number of hydrogen-bond donors (Lipinski definition) is 2. The van der Waals surface area contributed by atoms with Crippen LogP contribution in [0.25, 0.3) is 0 Å². The fraction of sp³-hybridized carbons (Fsp3) is 0.462. The summed E-state index contributed by atoms with van der Waals surface area (Å²) in [6, 6.07) is 3.56. The van der Waals surface area contributed by atoms with Crippen LogP contribution in [-0.2, 0) is 0 Å². The van der Waals surface area contributed by atoms with Crippen LogP contribution in [-0.4, -0.2) is 17.6 Å². The molecule has 1 aromatic carbocycles. The van der Waals surface area contributed by atoms with E-state index >= 15 is 0 Å². The molecule has 92 valence electrons. The van der Waals surface area contributed by atoms with Gasteiger partial charge in [-0.05, 0) is 30.9 Å². The maximum absolute atomic E-state index is 13.4. The van der Waals surface area contributed by atoms with Gasteiger partial charge in [0.15, 0.2) is 0 Å². The van der Waals surface area contributed by atoms with Crippen molar-refractivity contribution in [2.24, 2.45) is 5.92 Å². The van der Waals surface area contributed by atoms with Crippen LogP contribution < -0.4 is 5.32 Å². The molecule has 0 spiro atoms. The lowest BCUT2D eigenvalue weighted by Gasteiger charge is -2.11. The van der Waals surface area contributed by atoms with E-state index in [2.05, 4.69) is 5.32 Å². The van der Waals surface area contributed by atoms with Gasteiger partial charge >= 0.3 is 0 Å². The molecule has 0 heterocycles. The van der Waals surface area contributed by atoms with Crippen LogP contribution >= 0.6 is 0 Å². The highest BCUT2D eigenvalue weighted by Crippen LogP contribution is 2.24. The molecule has 0 aromatic heterocycles. The molecule has 1 fully saturated rings. The Hall–Kier alpha value is -1.58. The van der Waals surface area contributed by atoms with Crippen molar-refractivity contribution < 1.29 is 14.3 Å². The highest BCUT2D eigenvalue weighted by atomic mass is 19.1. The highest BCUT2D eigenvalue weighted by molar-refractivity contribution is 5.94. The molecule has 1 amide bonds. The number of hydrogen-bond acceptors (Lipinski definition) is 2. The van der Waals surface area contributed by atoms with E-state index in [0.29, 0.717) is 12.5 Å². The second-order valence-electron chi connectivity index (χ2n) is 4.52. The van der Waals surface area contributed by atoms with Crippen molar-refractivity contribution >= 4 is 5.91 Å². The molecule has 1 aliphatic rings. The van der Waals surface area contributed by atoms with Gasteiger partial charge in [0.25, 0.3) is 5.91 Å². The molecule has 2 rings (SSSR count). The molecule has 0 unspecified atom stereocenters. The summed E-state index contributed by atoms with van der Waals surface area (Å²) in [6.07, 6.45) is 4.71. The Morgan fingerprint density at radius 1 is 1.41 bits per heavy atom. The zero-order valence-electron chi connectivity index (χ0n) is 9.58. The third-order valence-corrected chi connectivity index (χ3v) is 3.22. The molecule has 1 aromatic rings. The Kier molecular flexibility index (Phi) is 3.61. The predicted octanol–water partition coefficient (Wildman–Crippen LogP) is 2.45. The quantitative estimate of drug-likeness (QED) is 0.848. The fourth-order valence-corrected chi connectivity index (χ4v) is 2.23. The number of phenolic OH excluding ortho intramolecular Hbond substituents is 1. The van der Waals surface area contributed by atoms with E-state index in [1.165, 1.54) is 25.0 Å². The molecular weight excluding hydrogens is 221 g/mol. The second-order valence-corrected chi connectivity index (χ2v) is 4.52. The molecule has 0 atom stereocenters. The maximum Gasteiger partial charge on any atom is 0.254 e. The van der Waals surface area contributed by atoms with Crippen molar-refractivity contribution in [1.29, 1.82) is 0 Å². The van der Waals surface area contributed by atoms with E-state index in [1.54, 1.807) is 0 Å². The number of phenols is 1. The number of amides is 1. The second kappa shape index (κ2) is 5.17. The first-order valence-electron chi connectivity index (χ1n) is 5.93. The zero-order chi connectivity index (χ0) is 12.3. The first-order chi connectivity index (χ1) is 8.16. The average molecular weight is 237 g/mol. The minimum atomic E-state index is -0.686. The maximum atomic E-state index is 13.4. The number of aromatic hydroxyl groups is 1. The van der Waals surface area contributed by atoms with E-state index in [4.69, 9.17) is 5.11 Å². The molecule has 0 saturated heterocycles. The molecular formula is C13H16FNO2. The van der Waals surface area contributed by atoms with Gasteiger partial charge in [-0.15, -0.1) is 0 Å². The summed E-state index contributed by atoms with van der Waals surface area (Å²) in [5.41, 5.74) is -0.0132. The first-order valence-corrected chi connectivity index (χ1v) is 5.93. The van der Waals surface area contributed by atoms with Crippen molar-refractivity contribution in [2.45, 2.75) is 25.7 Å². The van der Waals surface area contributed by atoms with Gasteiger partial charge in [-0.3, -0.25) is 4.79 Å². The van der Waals surface area contributed by atoms with Crippen LogP contribution in [0.2, 0.25) is 0 Å². The summed E-state index contributed by atoms with van der Waals surface area (Å²) < 4.78 is 13.4. The lowest BCUT2D eigenvalue weighted by Crippen LogP contribution is -2.28. The highest BCUT2D eigenvalue weighted by Gasteiger charge is 2.17. The predicted molar refractivity (Wildman–Crippen MR) is 62.4 cm³/mol. The number of carbonyl (C=O) groups is 1. The Balaban J connectivity index is 1.94. The molecule has 3 nitrogen and oxygen atoms in total. The van der Waals surface area contributed by atoms with Crippen LogP contribution in [0.5, 0.6) is 5.75 Å². The monoisotopic (exact) mass is 237 g/mol. The van der Waals surface area contributed by atoms with Crippen LogP contribution in [0.4, 0.5) is 4.39 Å². The van der Waals surface area contributed by atoms with Crippen LogP contribution in [0.15, 0.2) is 18.2 Å². The van der Waals surface area contributed by atoms with Crippen LogP contribution in [0, 0.1) is 11.7 Å². The summed E-state index contributed by atoms with van der Waals surface area (Å²) in [5, 5.41) is 11.8. The third kappa shape index (κ3) is 2.96. The minimum Gasteiger partial charge on any atom is -0.508 e. The SMILES string of the molecule is O=C(NCC1CCCC1)c1ccc(O)cc1F. The van der Waals surface area contributed by atoms with Crippen LogP contribution in [0.1, 0.15) is 36.0 Å². The van der Waals surface area contributed by atoms with Crippen molar-refractivity contribution in [3.05, 3.63) is 29.6 Å². The third-order valence-electron chi connectivity index (χ3n) is 3.22. The van der Waals surface area contributed by atoms with Crippen molar-refractivity contribution in [3.63, 3.8) is 0 Å². The summed E-state index contributed by atoms with van der Waals surface area (Å²) in [6.45, 7) is 0.610. The summed E-state index contributed by atoms with van der Waals surface area (Å²) >= 11 is 0. The molecule has 0 bridgehead atoms. The number of halogens is 1. The molecule has 17 heavy (non-hydrogen) atoms. The Bertz CT molecular complexity index is 414. The van der Waals surface area contributed by atoms with E-state index in [1.807, 2.05) is 0 Å². The standard InChI is InChI=1S/C13H16FNO2/c14-12-7-10(16)5-6-11(12)13(17)15-8-9-3-1-2-4-9/h5-7,9,16H,1-4,8H2,(H,15,17). The Morgan fingerprint density at radius 2 is 2.12 bits per heavy atom. The van der Waals surface area contributed by atoms with E-state index in [0.717, 1.165) is 18.9 Å². The number of nitrogens with one attached hydrogen (secondary N) is 1. The van der Waals surface area contributed by atoms with Gasteiger partial charge in [0, 0.05) is 12.6 Å². The van der Waals surface area contributed by atoms with Gasteiger partial charge in [-0.1, -0.05) is 12.8 Å². The zero-order valence-corrected chi connectivity index (χ0v) is 9.58. The smallest absolute Gasteiger partial charge is 0.254 e. The minimum absolute atomic E-state index is 0.0132. The van der Waals surface area contributed by atoms with Gasteiger partial charge in [-0.25, -0.2) is 4.39 Å².